The second kappa shape index (κ2) is 7.49. The topological polar surface area (TPSA) is 75.3 Å². The largest absolute Gasteiger partial charge is 0.493 e. The van der Waals surface area contributed by atoms with Gasteiger partial charge in [-0.3, -0.25) is 4.79 Å². The zero-order valence-electron chi connectivity index (χ0n) is 14.8. The van der Waals surface area contributed by atoms with E-state index < -0.39 is 0 Å². The summed E-state index contributed by atoms with van der Waals surface area (Å²) < 4.78 is 27.5. The molecule has 0 saturated heterocycles. The minimum absolute atomic E-state index is 0.263. The summed E-state index contributed by atoms with van der Waals surface area (Å²) in [6.07, 6.45) is 3.13. The van der Waals surface area contributed by atoms with Gasteiger partial charge in [-0.1, -0.05) is 0 Å². The molecule has 0 radical (unpaired) electrons. The quantitative estimate of drug-likeness (QED) is 0.836. The molecule has 0 spiro atoms. The highest BCUT2D eigenvalue weighted by Gasteiger charge is 2.18. The summed E-state index contributed by atoms with van der Waals surface area (Å²) in [4.78, 5) is 12.2. The number of hydrogen-bond acceptors (Lipinski definition) is 6. The molecule has 0 aliphatic carbocycles. The van der Waals surface area contributed by atoms with Gasteiger partial charge in [0, 0.05) is 17.8 Å². The van der Waals surface area contributed by atoms with Crippen molar-refractivity contribution in [1.29, 1.82) is 0 Å². The average Bonchev–Trinajstić information content (AvgIpc) is 2.71. The molecular formula is C20H19NO6. The van der Waals surface area contributed by atoms with Gasteiger partial charge in [-0.2, -0.15) is 0 Å². The van der Waals surface area contributed by atoms with Crippen LogP contribution in [0.5, 0.6) is 28.7 Å². The van der Waals surface area contributed by atoms with Crippen molar-refractivity contribution >= 4 is 17.7 Å². The molecule has 7 nitrogen and oxygen atoms in total. The molecule has 2 aromatic carbocycles. The number of hydrogen-bond donors (Lipinski definition) is 1. The Bertz CT molecular complexity index is 875. The number of benzene rings is 2. The van der Waals surface area contributed by atoms with E-state index in [4.69, 9.17) is 23.7 Å². The Balaban J connectivity index is 1.47. The van der Waals surface area contributed by atoms with Crippen LogP contribution < -0.4 is 29.0 Å². The average molecular weight is 369 g/mol. The fraction of sp³-hybridized carbons (Fsp3) is 0.250. The van der Waals surface area contributed by atoms with Crippen molar-refractivity contribution in [3.05, 3.63) is 42.0 Å². The van der Waals surface area contributed by atoms with E-state index in [0.717, 1.165) is 5.56 Å². The molecule has 2 heterocycles. The molecule has 2 aromatic rings. The monoisotopic (exact) mass is 369 g/mol. The van der Waals surface area contributed by atoms with Gasteiger partial charge in [-0.15, -0.1) is 0 Å². The molecule has 2 aliphatic heterocycles. The van der Waals surface area contributed by atoms with Crippen molar-refractivity contribution in [3.8, 4) is 28.7 Å². The highest BCUT2D eigenvalue weighted by Crippen LogP contribution is 2.40. The van der Waals surface area contributed by atoms with Crippen molar-refractivity contribution in [3.63, 3.8) is 0 Å². The first kappa shape index (κ1) is 17.1. The molecule has 0 saturated carbocycles. The molecule has 7 heteroatoms. The van der Waals surface area contributed by atoms with Crippen LogP contribution in [-0.4, -0.2) is 39.4 Å². The first-order valence-corrected chi connectivity index (χ1v) is 8.59. The highest BCUT2D eigenvalue weighted by molar-refractivity contribution is 6.02. The van der Waals surface area contributed by atoms with E-state index in [-0.39, 0.29) is 5.91 Å². The Hall–Kier alpha value is -3.35. The van der Waals surface area contributed by atoms with Gasteiger partial charge >= 0.3 is 0 Å². The van der Waals surface area contributed by atoms with Crippen LogP contribution in [0.3, 0.4) is 0 Å². The zero-order chi connectivity index (χ0) is 18.6. The number of nitrogens with one attached hydrogen (secondary N) is 1. The summed E-state index contributed by atoms with van der Waals surface area (Å²) in [5.74, 6) is 2.80. The van der Waals surface area contributed by atoms with Gasteiger partial charge in [0.15, 0.2) is 23.0 Å². The lowest BCUT2D eigenvalue weighted by Gasteiger charge is -2.20. The summed E-state index contributed by atoms with van der Waals surface area (Å²) >= 11 is 0. The number of carbonyl (C=O) groups is 1. The molecule has 1 N–H and O–H groups in total. The molecule has 0 fully saturated rings. The number of rotatable bonds is 4. The Morgan fingerprint density at radius 2 is 1.70 bits per heavy atom. The minimum Gasteiger partial charge on any atom is -0.493 e. The molecule has 4 rings (SSSR count). The van der Waals surface area contributed by atoms with Gasteiger partial charge in [0.05, 0.1) is 7.11 Å². The molecule has 140 valence electrons. The van der Waals surface area contributed by atoms with Crippen LogP contribution in [0.1, 0.15) is 5.56 Å². The maximum Gasteiger partial charge on any atom is 0.248 e. The third-order valence-corrected chi connectivity index (χ3v) is 4.09. The van der Waals surface area contributed by atoms with Gasteiger partial charge in [-0.05, 0) is 35.9 Å². The molecule has 1 amide bonds. The molecule has 0 unspecified atom stereocenters. The standard InChI is InChI=1S/C20H19NO6/c1-23-17-10-13(11-18-20(17)27-9-8-26-18)2-5-19(22)21-14-3-4-15-16(12-14)25-7-6-24-15/h2-5,10-12H,6-9H2,1H3,(H,21,22)/b5-2+. The lowest BCUT2D eigenvalue weighted by molar-refractivity contribution is -0.111. The van der Waals surface area contributed by atoms with Crippen LogP contribution in [-0.2, 0) is 4.79 Å². The molecular weight excluding hydrogens is 350 g/mol. The number of methoxy groups -OCH3 is 1. The third kappa shape index (κ3) is 3.76. The van der Waals surface area contributed by atoms with Crippen LogP contribution in [0, 0.1) is 0 Å². The molecule has 0 bridgehead atoms. The van der Waals surface area contributed by atoms with Gasteiger partial charge in [0.1, 0.15) is 26.4 Å². The Labute approximate surface area is 156 Å². The van der Waals surface area contributed by atoms with E-state index in [0.29, 0.717) is 60.9 Å². The lowest BCUT2D eigenvalue weighted by atomic mass is 10.1. The van der Waals surface area contributed by atoms with E-state index in [1.807, 2.05) is 6.07 Å². The maximum atomic E-state index is 12.2. The predicted molar refractivity (Wildman–Crippen MR) is 99.1 cm³/mol. The van der Waals surface area contributed by atoms with Gasteiger partial charge < -0.3 is 29.0 Å². The van der Waals surface area contributed by atoms with Gasteiger partial charge in [0.2, 0.25) is 11.7 Å². The third-order valence-electron chi connectivity index (χ3n) is 4.09. The fourth-order valence-corrected chi connectivity index (χ4v) is 2.87. The first-order chi connectivity index (χ1) is 13.2. The lowest BCUT2D eigenvalue weighted by Crippen LogP contribution is -2.16. The molecule has 27 heavy (non-hydrogen) atoms. The molecule has 0 aromatic heterocycles. The van der Waals surface area contributed by atoms with Crippen molar-refractivity contribution in [2.24, 2.45) is 0 Å². The predicted octanol–water partition coefficient (Wildman–Crippen LogP) is 2.89. The Morgan fingerprint density at radius 1 is 0.963 bits per heavy atom. The first-order valence-electron chi connectivity index (χ1n) is 8.59. The number of anilines is 1. The van der Waals surface area contributed by atoms with Crippen LogP contribution in [0.4, 0.5) is 5.69 Å². The van der Waals surface area contributed by atoms with Gasteiger partial charge in [0.25, 0.3) is 0 Å². The number of amides is 1. The maximum absolute atomic E-state index is 12.2. The Morgan fingerprint density at radius 3 is 2.52 bits per heavy atom. The van der Waals surface area contributed by atoms with Crippen LogP contribution in [0.25, 0.3) is 6.08 Å². The fourth-order valence-electron chi connectivity index (χ4n) is 2.87. The van der Waals surface area contributed by atoms with E-state index >= 15 is 0 Å². The second-order valence-corrected chi connectivity index (χ2v) is 5.93. The smallest absolute Gasteiger partial charge is 0.248 e. The second-order valence-electron chi connectivity index (χ2n) is 5.93. The number of ether oxygens (including phenoxy) is 5. The van der Waals surface area contributed by atoms with Crippen molar-refractivity contribution in [1.82, 2.24) is 0 Å². The van der Waals surface area contributed by atoms with Crippen LogP contribution in [0.2, 0.25) is 0 Å². The van der Waals surface area contributed by atoms with E-state index in [1.54, 1.807) is 37.5 Å². The zero-order valence-corrected chi connectivity index (χ0v) is 14.8. The summed E-state index contributed by atoms with van der Waals surface area (Å²) in [6.45, 7) is 1.99. The summed E-state index contributed by atoms with van der Waals surface area (Å²) in [7, 11) is 1.57. The summed E-state index contributed by atoms with van der Waals surface area (Å²) in [5, 5.41) is 2.80. The van der Waals surface area contributed by atoms with Crippen molar-refractivity contribution in [2.75, 3.05) is 38.9 Å². The summed E-state index contributed by atoms with van der Waals surface area (Å²) in [6, 6.07) is 8.89. The van der Waals surface area contributed by atoms with Crippen LogP contribution in [0.15, 0.2) is 36.4 Å². The normalized spacial score (nSPS) is 14.7. The van der Waals surface area contributed by atoms with Gasteiger partial charge in [-0.25, -0.2) is 0 Å². The summed E-state index contributed by atoms with van der Waals surface area (Å²) in [5.41, 5.74) is 1.40. The van der Waals surface area contributed by atoms with Crippen molar-refractivity contribution < 1.29 is 28.5 Å². The SMILES string of the molecule is COc1cc(/C=C/C(=O)Nc2ccc3c(c2)OCCO3)cc2c1OCCO2. The van der Waals surface area contributed by atoms with E-state index in [1.165, 1.54) is 6.08 Å². The van der Waals surface area contributed by atoms with Crippen molar-refractivity contribution in [2.45, 2.75) is 0 Å². The van der Waals surface area contributed by atoms with Crippen LogP contribution >= 0.6 is 0 Å². The molecule has 2 aliphatic rings. The van der Waals surface area contributed by atoms with E-state index in [9.17, 15) is 4.79 Å². The Kier molecular flexibility index (Phi) is 4.74. The number of carbonyl (C=O) groups excluding carboxylic acids is 1. The highest BCUT2D eigenvalue weighted by atomic mass is 16.6. The van der Waals surface area contributed by atoms with E-state index in [2.05, 4.69) is 5.32 Å². The molecule has 0 atom stereocenters. The number of fused-ring (bicyclic) bond motifs is 2. The minimum atomic E-state index is -0.263.